The van der Waals surface area contributed by atoms with E-state index in [-0.39, 0.29) is 37.1 Å². The van der Waals surface area contributed by atoms with Crippen molar-refractivity contribution in [2.75, 3.05) is 40.5 Å². The van der Waals surface area contributed by atoms with Crippen molar-refractivity contribution in [3.05, 3.63) is 27.8 Å². The molecule has 0 saturated carbocycles. The first kappa shape index (κ1) is 23.8. The number of rotatable bonds is 10. The predicted octanol–water partition coefficient (Wildman–Crippen LogP) is 1.37. The Balaban J connectivity index is 0.00000625. The summed E-state index contributed by atoms with van der Waals surface area (Å²) >= 11 is 0. The Hall–Kier alpha value is -2.24. The van der Waals surface area contributed by atoms with Gasteiger partial charge in [0.1, 0.15) is 12.2 Å². The lowest BCUT2D eigenvalue weighted by Gasteiger charge is -2.15. The van der Waals surface area contributed by atoms with Crippen LogP contribution in [0.5, 0.6) is 11.5 Å². The maximum atomic E-state index is 13.1. The number of carbonyl (C=O) groups excluding carboxylic acids is 1. The van der Waals surface area contributed by atoms with Gasteiger partial charge in [0.15, 0.2) is 11.5 Å². The number of nitrogens with two attached hydrogens (primary N) is 1. The van der Waals surface area contributed by atoms with E-state index >= 15 is 0 Å². The number of hydrogen-bond donors (Lipinski definition) is 2. The van der Waals surface area contributed by atoms with Crippen molar-refractivity contribution < 1.29 is 32.7 Å². The first-order valence-electron chi connectivity index (χ1n) is 7.10. The van der Waals surface area contributed by atoms with E-state index in [1.54, 1.807) is 0 Å². The van der Waals surface area contributed by atoms with Gasteiger partial charge in [-0.15, -0.1) is 12.4 Å². The van der Waals surface area contributed by atoms with Crippen LogP contribution in [0.25, 0.3) is 0 Å². The molecular formula is C14H20ClF2N3O6. The minimum Gasteiger partial charge on any atom is -0.493 e. The van der Waals surface area contributed by atoms with Gasteiger partial charge in [0.05, 0.1) is 37.8 Å². The summed E-state index contributed by atoms with van der Waals surface area (Å²) in [5.74, 6) is -4.31. The largest absolute Gasteiger partial charge is 0.493 e. The molecule has 1 amide bonds. The fraction of sp³-hybridized carbons (Fsp3) is 0.500. The van der Waals surface area contributed by atoms with Crippen molar-refractivity contribution >= 4 is 24.0 Å². The Labute approximate surface area is 154 Å². The van der Waals surface area contributed by atoms with Crippen molar-refractivity contribution in [1.29, 1.82) is 0 Å². The van der Waals surface area contributed by atoms with Gasteiger partial charge in [-0.3, -0.25) is 14.9 Å². The maximum Gasteiger partial charge on any atom is 0.286 e. The molecule has 12 heteroatoms. The molecule has 0 saturated heterocycles. The van der Waals surface area contributed by atoms with Gasteiger partial charge in [-0.2, -0.15) is 0 Å². The zero-order valence-corrected chi connectivity index (χ0v) is 14.9. The van der Waals surface area contributed by atoms with E-state index in [9.17, 15) is 23.7 Å². The second kappa shape index (κ2) is 10.7. The second-order valence-corrected chi connectivity index (χ2v) is 4.86. The normalized spacial score (nSPS) is 10.7. The van der Waals surface area contributed by atoms with Crippen LogP contribution >= 0.6 is 12.4 Å². The fourth-order valence-corrected chi connectivity index (χ4v) is 1.77. The number of methoxy groups -OCH3 is 2. The zero-order chi connectivity index (χ0) is 19.0. The van der Waals surface area contributed by atoms with Crippen molar-refractivity contribution in [3.63, 3.8) is 0 Å². The van der Waals surface area contributed by atoms with Crippen LogP contribution in [0.3, 0.4) is 0 Å². The monoisotopic (exact) mass is 399 g/mol. The molecule has 9 nitrogen and oxygen atoms in total. The van der Waals surface area contributed by atoms with E-state index < -0.39 is 41.1 Å². The lowest BCUT2D eigenvalue weighted by molar-refractivity contribution is -0.385. The van der Waals surface area contributed by atoms with Crippen LogP contribution in [0.4, 0.5) is 14.5 Å². The van der Waals surface area contributed by atoms with E-state index in [2.05, 4.69) is 0 Å². The van der Waals surface area contributed by atoms with Gasteiger partial charge in [-0.05, 0) is 0 Å². The lowest BCUT2D eigenvalue weighted by Crippen LogP contribution is -2.41. The average molecular weight is 400 g/mol. The van der Waals surface area contributed by atoms with E-state index in [0.717, 1.165) is 12.1 Å². The highest BCUT2D eigenvalue weighted by molar-refractivity contribution is 5.99. The lowest BCUT2D eigenvalue weighted by atomic mass is 10.1. The number of hydrogen-bond acceptors (Lipinski definition) is 7. The summed E-state index contributed by atoms with van der Waals surface area (Å²) < 4.78 is 41.4. The summed E-state index contributed by atoms with van der Waals surface area (Å²) in [5, 5.41) is 13.1. The SMILES string of the molecule is COCCOc1cc([N+](=O)[O-])c(C(=O)NCC(F)(F)CN)cc1OC.Cl. The van der Waals surface area contributed by atoms with Gasteiger partial charge in [-0.25, -0.2) is 8.78 Å². The molecule has 0 spiro atoms. The van der Waals surface area contributed by atoms with Gasteiger partial charge in [-0.1, -0.05) is 0 Å². The molecule has 3 N–H and O–H groups in total. The van der Waals surface area contributed by atoms with E-state index in [0.29, 0.717) is 0 Å². The number of nitro benzene ring substituents is 1. The number of nitro groups is 1. The summed E-state index contributed by atoms with van der Waals surface area (Å²) in [7, 11) is 2.72. The molecule has 26 heavy (non-hydrogen) atoms. The number of amides is 1. The quantitative estimate of drug-likeness (QED) is 0.345. The van der Waals surface area contributed by atoms with Crippen molar-refractivity contribution in [2.24, 2.45) is 5.73 Å². The third-order valence-corrected chi connectivity index (χ3v) is 3.07. The number of halogens is 3. The molecule has 0 aromatic heterocycles. The van der Waals surface area contributed by atoms with Gasteiger partial charge in [0, 0.05) is 13.2 Å². The standard InChI is InChI=1S/C14H19F2N3O6.ClH/c1-23-3-4-25-12-6-10(19(21)22)9(5-11(12)24-2)13(20)18-8-14(15,16)7-17;/h5-6H,3-4,7-8,17H2,1-2H3,(H,18,20);1H. The Morgan fingerprint density at radius 3 is 2.46 bits per heavy atom. The number of benzene rings is 1. The van der Waals surface area contributed by atoms with Gasteiger partial charge in [0.2, 0.25) is 0 Å². The maximum absolute atomic E-state index is 13.1. The summed E-state index contributed by atoms with van der Waals surface area (Å²) in [4.78, 5) is 22.4. The van der Waals surface area contributed by atoms with Crippen molar-refractivity contribution in [3.8, 4) is 11.5 Å². The van der Waals surface area contributed by atoms with Crippen LogP contribution < -0.4 is 20.5 Å². The Morgan fingerprint density at radius 1 is 1.31 bits per heavy atom. The smallest absolute Gasteiger partial charge is 0.286 e. The number of alkyl halides is 2. The molecule has 0 aliphatic heterocycles. The molecular weight excluding hydrogens is 380 g/mol. The fourth-order valence-electron chi connectivity index (χ4n) is 1.77. The molecule has 0 heterocycles. The van der Waals surface area contributed by atoms with E-state index in [1.165, 1.54) is 14.2 Å². The summed E-state index contributed by atoms with van der Waals surface area (Å²) in [6.07, 6.45) is 0. The van der Waals surface area contributed by atoms with Gasteiger partial charge in [0.25, 0.3) is 17.5 Å². The molecule has 0 aliphatic rings. The molecule has 0 atom stereocenters. The molecule has 1 aromatic carbocycles. The number of nitrogens with one attached hydrogen (secondary N) is 1. The summed E-state index contributed by atoms with van der Waals surface area (Å²) in [6, 6.07) is 2.04. The number of ether oxygens (including phenoxy) is 3. The molecule has 0 fully saturated rings. The topological polar surface area (TPSA) is 126 Å². The minimum atomic E-state index is -3.32. The molecule has 148 valence electrons. The van der Waals surface area contributed by atoms with E-state index in [4.69, 9.17) is 19.9 Å². The second-order valence-electron chi connectivity index (χ2n) is 4.86. The Kier molecular flexibility index (Phi) is 9.76. The van der Waals surface area contributed by atoms with Crippen LogP contribution in [0.15, 0.2) is 12.1 Å². The average Bonchev–Trinajstić information content (AvgIpc) is 2.59. The summed E-state index contributed by atoms with van der Waals surface area (Å²) in [5.41, 5.74) is 3.83. The van der Waals surface area contributed by atoms with Gasteiger partial charge < -0.3 is 25.3 Å². The number of nitrogens with zero attached hydrogens (tertiary/aromatic N) is 1. The molecule has 1 aromatic rings. The first-order chi connectivity index (χ1) is 11.8. The highest BCUT2D eigenvalue weighted by atomic mass is 35.5. The highest BCUT2D eigenvalue weighted by Gasteiger charge is 2.30. The van der Waals surface area contributed by atoms with Crippen LogP contribution in [-0.4, -0.2) is 57.3 Å². The molecule has 0 aliphatic carbocycles. The first-order valence-corrected chi connectivity index (χ1v) is 7.10. The molecule has 0 radical (unpaired) electrons. The van der Waals surface area contributed by atoms with Crippen LogP contribution in [0.2, 0.25) is 0 Å². The third kappa shape index (κ3) is 6.58. The van der Waals surface area contributed by atoms with Crippen LogP contribution in [0, 0.1) is 10.1 Å². The van der Waals surface area contributed by atoms with Crippen molar-refractivity contribution in [1.82, 2.24) is 5.32 Å². The summed E-state index contributed by atoms with van der Waals surface area (Å²) in [6.45, 7) is -1.69. The highest BCUT2D eigenvalue weighted by Crippen LogP contribution is 2.34. The predicted molar refractivity (Wildman–Crippen MR) is 90.6 cm³/mol. The molecule has 0 unspecified atom stereocenters. The van der Waals surface area contributed by atoms with Crippen LogP contribution in [0.1, 0.15) is 10.4 Å². The number of carbonyl (C=O) groups is 1. The van der Waals surface area contributed by atoms with Crippen LogP contribution in [-0.2, 0) is 4.74 Å². The minimum absolute atomic E-state index is 0. The Morgan fingerprint density at radius 2 is 1.96 bits per heavy atom. The van der Waals surface area contributed by atoms with E-state index in [1.807, 2.05) is 5.32 Å². The molecule has 0 bridgehead atoms. The van der Waals surface area contributed by atoms with Crippen molar-refractivity contribution in [2.45, 2.75) is 5.92 Å². The zero-order valence-electron chi connectivity index (χ0n) is 14.1. The molecule has 1 rings (SSSR count). The Bertz CT molecular complexity index is 633. The third-order valence-electron chi connectivity index (χ3n) is 3.07. The van der Waals surface area contributed by atoms with Gasteiger partial charge >= 0.3 is 0 Å².